The van der Waals surface area contributed by atoms with Crippen molar-refractivity contribution in [2.45, 2.75) is 0 Å². The molecular weight excluding hydrogens is 208 g/mol. The van der Waals surface area contributed by atoms with Crippen molar-refractivity contribution >= 4 is 41.0 Å². The molecule has 2 aromatic rings. The zero-order valence-corrected chi connectivity index (χ0v) is 8.84. The molecule has 2 aromatic carbocycles. The third-order valence-electron chi connectivity index (χ3n) is 2.70. The second-order valence-electron chi connectivity index (χ2n) is 3.45. The van der Waals surface area contributed by atoms with Gasteiger partial charge in [-0.15, -0.1) is 12.4 Å². The molecule has 0 aliphatic heterocycles. The molecule has 0 aromatic heterocycles. The molecule has 1 aliphatic carbocycles. The van der Waals surface area contributed by atoms with Gasteiger partial charge < -0.3 is 5.43 Å². The lowest BCUT2D eigenvalue weighted by molar-refractivity contribution is 1.37. The van der Waals surface area contributed by atoms with Gasteiger partial charge in [-0.25, -0.2) is 0 Å². The maximum atomic E-state index is 5.47. The summed E-state index contributed by atoms with van der Waals surface area (Å²) in [4.78, 5) is 0. The Balaban J connectivity index is 0.000000853. The zero-order valence-electron chi connectivity index (χ0n) is 8.03. The molecule has 0 atom stereocenters. The number of rotatable bonds is 1. The Hall–Kier alpha value is -1.51. The monoisotopic (exact) mass is 218 g/mol. The van der Waals surface area contributed by atoms with Gasteiger partial charge in [0.15, 0.2) is 0 Å². The minimum Gasteiger partial charge on any atom is -0.324 e. The molecule has 0 unspecified atom stereocenters. The Morgan fingerprint density at radius 2 is 1.67 bits per heavy atom. The Labute approximate surface area is 94.2 Å². The number of nitrogens with one attached hydrogen (secondary N) is 1. The van der Waals surface area contributed by atoms with E-state index in [1.165, 1.54) is 21.9 Å². The van der Waals surface area contributed by atoms with Crippen molar-refractivity contribution in [3.63, 3.8) is 0 Å². The molecule has 0 spiro atoms. The molecule has 15 heavy (non-hydrogen) atoms. The van der Waals surface area contributed by atoms with Gasteiger partial charge in [0.2, 0.25) is 0 Å². The first kappa shape index (κ1) is 10.0. The summed E-state index contributed by atoms with van der Waals surface area (Å²) in [5.74, 6) is 5.47. The van der Waals surface area contributed by atoms with Crippen molar-refractivity contribution in [1.82, 2.24) is 0 Å². The van der Waals surface area contributed by atoms with Crippen molar-refractivity contribution < 1.29 is 0 Å². The Kier molecular flexibility index (Phi) is 2.39. The molecule has 3 heteroatoms. The van der Waals surface area contributed by atoms with E-state index in [2.05, 4.69) is 41.8 Å². The summed E-state index contributed by atoms with van der Waals surface area (Å²) in [5.41, 5.74) is 6.25. The number of anilines is 1. The molecule has 76 valence electrons. The molecule has 3 N–H and O–H groups in total. The van der Waals surface area contributed by atoms with E-state index in [9.17, 15) is 0 Å². The second-order valence-corrected chi connectivity index (χ2v) is 3.45. The molecule has 0 fully saturated rings. The van der Waals surface area contributed by atoms with Crippen LogP contribution in [0.25, 0.3) is 22.9 Å². The average molecular weight is 219 g/mol. The van der Waals surface area contributed by atoms with E-state index in [-0.39, 0.29) is 12.4 Å². The van der Waals surface area contributed by atoms with Crippen LogP contribution in [-0.4, -0.2) is 0 Å². The van der Waals surface area contributed by atoms with Gasteiger partial charge in [-0.2, -0.15) is 0 Å². The third kappa shape index (κ3) is 1.30. The van der Waals surface area contributed by atoms with Crippen LogP contribution in [-0.2, 0) is 0 Å². The molecule has 3 rings (SSSR count). The molecule has 0 saturated carbocycles. The van der Waals surface area contributed by atoms with E-state index in [0.29, 0.717) is 0 Å². The highest BCUT2D eigenvalue weighted by Gasteiger charge is 2.10. The normalized spacial score (nSPS) is 11.5. The molecule has 0 bridgehead atoms. The molecule has 0 amide bonds. The average Bonchev–Trinajstić information content (AvgIpc) is 2.65. The number of halogens is 1. The largest absolute Gasteiger partial charge is 0.324 e. The summed E-state index contributed by atoms with van der Waals surface area (Å²) in [6.07, 6.45) is 4.27. The van der Waals surface area contributed by atoms with Gasteiger partial charge in [0, 0.05) is 5.39 Å². The predicted molar refractivity (Wildman–Crippen MR) is 67.9 cm³/mol. The summed E-state index contributed by atoms with van der Waals surface area (Å²) in [5, 5.41) is 2.48. The maximum Gasteiger partial charge on any atom is 0.0564 e. The highest BCUT2D eigenvalue weighted by molar-refractivity contribution is 6.09. The lowest BCUT2D eigenvalue weighted by Gasteiger charge is -2.07. The predicted octanol–water partition coefficient (Wildman–Crippen LogP) is 3.03. The smallest absolute Gasteiger partial charge is 0.0564 e. The highest BCUT2D eigenvalue weighted by atomic mass is 35.5. The van der Waals surface area contributed by atoms with E-state index in [0.717, 1.165) is 5.69 Å². The van der Waals surface area contributed by atoms with Crippen molar-refractivity contribution in [3.05, 3.63) is 41.5 Å². The lowest BCUT2D eigenvalue weighted by atomic mass is 10.0. The van der Waals surface area contributed by atoms with E-state index in [1.807, 2.05) is 6.07 Å². The van der Waals surface area contributed by atoms with Crippen LogP contribution in [0.15, 0.2) is 30.3 Å². The van der Waals surface area contributed by atoms with Crippen molar-refractivity contribution in [3.8, 4) is 0 Å². The number of hydrogen-bond acceptors (Lipinski definition) is 2. The number of hydrogen-bond donors (Lipinski definition) is 2. The first-order valence-corrected chi connectivity index (χ1v) is 4.60. The second kappa shape index (κ2) is 3.57. The maximum absolute atomic E-state index is 5.47. The van der Waals surface area contributed by atoms with Gasteiger partial charge in [0.05, 0.1) is 5.69 Å². The fraction of sp³-hybridized carbons (Fsp3) is 0. The molecule has 1 aliphatic rings. The summed E-state index contributed by atoms with van der Waals surface area (Å²) in [6, 6.07) is 10.4. The van der Waals surface area contributed by atoms with Gasteiger partial charge >= 0.3 is 0 Å². The van der Waals surface area contributed by atoms with Gasteiger partial charge in [-0.1, -0.05) is 36.4 Å². The van der Waals surface area contributed by atoms with E-state index in [1.54, 1.807) is 0 Å². The van der Waals surface area contributed by atoms with Crippen molar-refractivity contribution in [2.75, 3.05) is 5.43 Å². The van der Waals surface area contributed by atoms with Crippen LogP contribution in [0.2, 0.25) is 0 Å². The van der Waals surface area contributed by atoms with Crippen molar-refractivity contribution in [2.24, 2.45) is 5.84 Å². The number of benzene rings is 2. The first-order valence-electron chi connectivity index (χ1n) is 4.60. The number of nitrogens with two attached hydrogens (primary N) is 1. The minimum absolute atomic E-state index is 0. The van der Waals surface area contributed by atoms with E-state index >= 15 is 0 Å². The minimum atomic E-state index is 0. The number of hydrazine groups is 1. The molecular formula is C12H11ClN2. The molecule has 2 nitrogen and oxygen atoms in total. The van der Waals surface area contributed by atoms with Gasteiger partial charge in [0.1, 0.15) is 0 Å². The van der Waals surface area contributed by atoms with Gasteiger partial charge in [-0.05, 0) is 22.6 Å². The summed E-state index contributed by atoms with van der Waals surface area (Å²) >= 11 is 0. The zero-order chi connectivity index (χ0) is 9.54. The molecule has 0 saturated heterocycles. The molecule has 0 heterocycles. The van der Waals surface area contributed by atoms with Gasteiger partial charge in [-0.3, -0.25) is 5.84 Å². The lowest BCUT2D eigenvalue weighted by Crippen LogP contribution is -2.07. The van der Waals surface area contributed by atoms with Crippen molar-refractivity contribution in [1.29, 1.82) is 0 Å². The summed E-state index contributed by atoms with van der Waals surface area (Å²) in [7, 11) is 0. The fourth-order valence-electron chi connectivity index (χ4n) is 2.05. The van der Waals surface area contributed by atoms with Gasteiger partial charge in [0.25, 0.3) is 0 Å². The van der Waals surface area contributed by atoms with Crippen LogP contribution in [0, 0.1) is 0 Å². The number of nitrogen functional groups attached to an aromatic ring is 1. The third-order valence-corrected chi connectivity index (χ3v) is 2.70. The van der Waals surface area contributed by atoms with Crippen LogP contribution in [0.1, 0.15) is 11.1 Å². The summed E-state index contributed by atoms with van der Waals surface area (Å²) in [6.45, 7) is 0. The van der Waals surface area contributed by atoms with Crippen LogP contribution in [0.5, 0.6) is 0 Å². The van der Waals surface area contributed by atoms with E-state index in [4.69, 9.17) is 5.84 Å². The van der Waals surface area contributed by atoms with Crippen LogP contribution < -0.4 is 11.3 Å². The Morgan fingerprint density at radius 3 is 2.40 bits per heavy atom. The van der Waals surface area contributed by atoms with Crippen LogP contribution >= 0.6 is 12.4 Å². The Morgan fingerprint density at radius 1 is 0.933 bits per heavy atom. The van der Waals surface area contributed by atoms with Crippen LogP contribution in [0.4, 0.5) is 5.69 Å². The van der Waals surface area contributed by atoms with E-state index < -0.39 is 0 Å². The Bertz CT molecular complexity index is 534. The fourth-order valence-corrected chi connectivity index (χ4v) is 2.05. The first-order chi connectivity index (χ1) is 6.90. The summed E-state index contributed by atoms with van der Waals surface area (Å²) < 4.78 is 0. The van der Waals surface area contributed by atoms with Crippen LogP contribution in [0.3, 0.4) is 0 Å². The quantitative estimate of drug-likeness (QED) is 0.487. The topological polar surface area (TPSA) is 38.0 Å². The molecule has 0 radical (unpaired) electrons. The highest BCUT2D eigenvalue weighted by Crippen LogP contribution is 2.34. The SMILES string of the molecule is Cl.NNc1ccc2c3c(cccc13)C=C2. The standard InChI is InChI=1S/C12H10N2.ClH/c13-14-11-7-6-9-5-4-8-2-1-3-10(11)12(8)9;/h1-7,14H,13H2;1H.